The summed E-state index contributed by atoms with van der Waals surface area (Å²) in [6, 6.07) is 17.3. The minimum absolute atomic E-state index is 0.0514. The molecule has 2 aromatic rings. The largest absolute Gasteiger partial charge is 0.460 e. The van der Waals surface area contributed by atoms with Crippen molar-refractivity contribution in [2.75, 3.05) is 13.1 Å². The Bertz CT molecular complexity index is 889. The SMILES string of the molecule is NC(CCC(=O)NCC(=O)OCc1ccccc1)C(=O)NCC(=O)OCc1ccccc1. The van der Waals surface area contributed by atoms with E-state index in [1.165, 1.54) is 0 Å². The maximum Gasteiger partial charge on any atom is 0.325 e. The third kappa shape index (κ3) is 9.86. The number of esters is 2. The smallest absolute Gasteiger partial charge is 0.325 e. The van der Waals surface area contributed by atoms with Gasteiger partial charge in [0.05, 0.1) is 6.04 Å². The van der Waals surface area contributed by atoms with Crippen molar-refractivity contribution in [2.45, 2.75) is 32.1 Å². The van der Waals surface area contributed by atoms with Crippen LogP contribution in [0.4, 0.5) is 0 Å². The molecule has 9 nitrogen and oxygen atoms in total. The summed E-state index contributed by atoms with van der Waals surface area (Å²) in [4.78, 5) is 47.2. The summed E-state index contributed by atoms with van der Waals surface area (Å²) < 4.78 is 10.1. The number of amides is 2. The van der Waals surface area contributed by atoms with Gasteiger partial charge in [-0.2, -0.15) is 0 Å². The molecule has 0 radical (unpaired) electrons. The van der Waals surface area contributed by atoms with Crippen molar-refractivity contribution >= 4 is 23.8 Å². The molecule has 0 aliphatic heterocycles. The van der Waals surface area contributed by atoms with E-state index < -0.39 is 29.8 Å². The van der Waals surface area contributed by atoms with Gasteiger partial charge in [0.2, 0.25) is 11.8 Å². The number of hydrogen-bond donors (Lipinski definition) is 3. The predicted molar refractivity (Wildman–Crippen MR) is 116 cm³/mol. The highest BCUT2D eigenvalue weighted by Gasteiger charge is 2.17. The van der Waals surface area contributed by atoms with Gasteiger partial charge < -0.3 is 25.8 Å². The zero-order valence-electron chi connectivity index (χ0n) is 17.6. The van der Waals surface area contributed by atoms with Crippen LogP contribution < -0.4 is 16.4 Å². The van der Waals surface area contributed by atoms with Crippen molar-refractivity contribution in [1.82, 2.24) is 10.6 Å². The van der Waals surface area contributed by atoms with Gasteiger partial charge in [-0.15, -0.1) is 0 Å². The van der Waals surface area contributed by atoms with Gasteiger partial charge in [0.15, 0.2) is 0 Å². The third-order valence-corrected chi connectivity index (χ3v) is 4.34. The summed E-state index contributed by atoms with van der Waals surface area (Å²) in [5, 5.41) is 4.80. The summed E-state index contributed by atoms with van der Waals surface area (Å²) in [6.07, 6.45) is -0.00516. The maximum absolute atomic E-state index is 12.0. The molecule has 0 saturated heterocycles. The Morgan fingerprint density at radius 1 is 0.750 bits per heavy atom. The maximum atomic E-state index is 12.0. The average molecular weight is 441 g/mol. The predicted octanol–water partition coefficient (Wildman–Crippen LogP) is 0.813. The van der Waals surface area contributed by atoms with Crippen molar-refractivity contribution in [1.29, 1.82) is 0 Å². The van der Waals surface area contributed by atoms with E-state index in [1.807, 2.05) is 60.7 Å². The number of rotatable bonds is 12. The topological polar surface area (TPSA) is 137 Å². The monoisotopic (exact) mass is 441 g/mol. The van der Waals surface area contributed by atoms with Crippen molar-refractivity contribution in [2.24, 2.45) is 5.73 Å². The van der Waals surface area contributed by atoms with Crippen molar-refractivity contribution in [3.05, 3.63) is 71.8 Å². The second-order valence-electron chi connectivity index (χ2n) is 6.93. The van der Waals surface area contributed by atoms with Gasteiger partial charge in [-0.1, -0.05) is 60.7 Å². The molecule has 2 rings (SSSR count). The molecule has 9 heteroatoms. The van der Waals surface area contributed by atoms with Gasteiger partial charge >= 0.3 is 11.9 Å². The zero-order chi connectivity index (χ0) is 23.2. The number of carbonyl (C=O) groups is 4. The number of benzene rings is 2. The molecule has 170 valence electrons. The van der Waals surface area contributed by atoms with Gasteiger partial charge in [-0.3, -0.25) is 19.2 Å². The highest BCUT2D eigenvalue weighted by atomic mass is 16.5. The quantitative estimate of drug-likeness (QED) is 0.415. The lowest BCUT2D eigenvalue weighted by Crippen LogP contribution is -2.43. The van der Waals surface area contributed by atoms with Crippen molar-refractivity contribution < 1.29 is 28.7 Å². The highest BCUT2D eigenvalue weighted by molar-refractivity contribution is 5.86. The molecule has 0 spiro atoms. The average Bonchev–Trinajstić information content (AvgIpc) is 2.83. The zero-order valence-corrected chi connectivity index (χ0v) is 17.6. The minimum Gasteiger partial charge on any atom is -0.460 e. The summed E-state index contributed by atoms with van der Waals surface area (Å²) in [5.74, 6) is -2.18. The van der Waals surface area contributed by atoms with Gasteiger partial charge in [-0.25, -0.2) is 0 Å². The fourth-order valence-electron chi connectivity index (χ4n) is 2.55. The van der Waals surface area contributed by atoms with Crippen LogP contribution in [-0.2, 0) is 41.9 Å². The van der Waals surface area contributed by atoms with Crippen molar-refractivity contribution in [3.63, 3.8) is 0 Å². The van der Waals surface area contributed by atoms with E-state index in [4.69, 9.17) is 15.2 Å². The fraction of sp³-hybridized carbons (Fsp3) is 0.304. The van der Waals surface area contributed by atoms with Crippen LogP contribution in [0, 0.1) is 0 Å². The lowest BCUT2D eigenvalue weighted by Gasteiger charge is -2.12. The summed E-state index contributed by atoms with van der Waals surface area (Å²) in [5.41, 5.74) is 7.42. The first-order valence-corrected chi connectivity index (χ1v) is 10.1. The van der Waals surface area contributed by atoms with E-state index >= 15 is 0 Å². The Balaban J connectivity index is 1.56. The first-order chi connectivity index (χ1) is 15.4. The van der Waals surface area contributed by atoms with Crippen LogP contribution in [0.3, 0.4) is 0 Å². The number of hydrogen-bond acceptors (Lipinski definition) is 7. The van der Waals surface area contributed by atoms with Crippen LogP contribution in [0.2, 0.25) is 0 Å². The molecule has 1 unspecified atom stereocenters. The Labute approximate surface area is 186 Å². The fourth-order valence-corrected chi connectivity index (χ4v) is 2.55. The van der Waals surface area contributed by atoms with E-state index in [-0.39, 0.29) is 39.1 Å². The molecule has 0 fully saturated rings. The van der Waals surface area contributed by atoms with Gasteiger partial charge in [0.1, 0.15) is 26.3 Å². The standard InChI is InChI=1S/C23H27N3O6/c24-19(23(30)26-14-22(29)32-16-18-9-5-2-6-10-18)11-12-20(27)25-13-21(28)31-15-17-7-3-1-4-8-17/h1-10,19H,11-16,24H2,(H,25,27)(H,26,30). The normalized spacial score (nSPS) is 11.2. The molecule has 0 aromatic heterocycles. The number of ether oxygens (including phenoxy) is 2. The Morgan fingerprint density at radius 3 is 1.72 bits per heavy atom. The van der Waals surface area contributed by atoms with Crippen LogP contribution in [0.1, 0.15) is 24.0 Å². The lowest BCUT2D eigenvalue weighted by atomic mass is 10.1. The number of nitrogens with two attached hydrogens (primary N) is 1. The second kappa shape index (κ2) is 13.6. The van der Waals surface area contributed by atoms with Gasteiger partial charge in [0, 0.05) is 6.42 Å². The second-order valence-corrected chi connectivity index (χ2v) is 6.93. The molecular formula is C23H27N3O6. The summed E-state index contributed by atoms with van der Waals surface area (Å²) in [6.45, 7) is -0.372. The number of nitrogens with one attached hydrogen (secondary N) is 2. The van der Waals surface area contributed by atoms with Crippen LogP contribution in [-0.4, -0.2) is 42.9 Å². The van der Waals surface area contributed by atoms with E-state index in [9.17, 15) is 19.2 Å². The number of carbonyl (C=O) groups excluding carboxylic acids is 4. The molecule has 4 N–H and O–H groups in total. The van der Waals surface area contributed by atoms with E-state index in [0.29, 0.717) is 0 Å². The third-order valence-electron chi connectivity index (χ3n) is 4.34. The van der Waals surface area contributed by atoms with E-state index in [0.717, 1.165) is 11.1 Å². The molecule has 32 heavy (non-hydrogen) atoms. The van der Waals surface area contributed by atoms with Crippen LogP contribution in [0.25, 0.3) is 0 Å². The molecular weight excluding hydrogens is 414 g/mol. The molecule has 0 aliphatic rings. The Hall–Kier alpha value is -3.72. The molecule has 0 heterocycles. The Morgan fingerprint density at radius 2 is 1.22 bits per heavy atom. The first kappa shape index (κ1) is 24.5. The van der Waals surface area contributed by atoms with E-state index in [1.54, 1.807) is 0 Å². The van der Waals surface area contributed by atoms with Gasteiger partial charge in [0.25, 0.3) is 0 Å². The molecule has 1 atom stereocenters. The van der Waals surface area contributed by atoms with Crippen LogP contribution in [0.5, 0.6) is 0 Å². The summed E-state index contributed by atoms with van der Waals surface area (Å²) in [7, 11) is 0. The molecule has 0 bridgehead atoms. The van der Waals surface area contributed by atoms with Crippen molar-refractivity contribution in [3.8, 4) is 0 Å². The molecule has 0 saturated carbocycles. The van der Waals surface area contributed by atoms with Crippen LogP contribution in [0.15, 0.2) is 60.7 Å². The lowest BCUT2D eigenvalue weighted by molar-refractivity contribution is -0.145. The summed E-state index contributed by atoms with van der Waals surface area (Å²) >= 11 is 0. The molecule has 0 aliphatic carbocycles. The van der Waals surface area contributed by atoms with E-state index in [2.05, 4.69) is 10.6 Å². The van der Waals surface area contributed by atoms with Gasteiger partial charge in [-0.05, 0) is 17.5 Å². The molecule has 2 amide bonds. The first-order valence-electron chi connectivity index (χ1n) is 10.1. The van der Waals surface area contributed by atoms with Crippen LogP contribution >= 0.6 is 0 Å². The minimum atomic E-state index is -0.979. The Kier molecular flexibility index (Phi) is 10.4. The molecule has 2 aromatic carbocycles. The highest BCUT2D eigenvalue weighted by Crippen LogP contribution is 2.02.